The molecule has 0 saturated carbocycles. The van der Waals surface area contributed by atoms with Crippen molar-refractivity contribution < 1.29 is 35.6 Å². The predicted molar refractivity (Wildman–Crippen MR) is 132 cm³/mol. The first-order valence-corrected chi connectivity index (χ1v) is 13.6. The number of amides is 2. The molecule has 1 spiro atoms. The highest BCUT2D eigenvalue weighted by atomic mass is 32.2. The van der Waals surface area contributed by atoms with E-state index in [-0.39, 0.29) is 53.7 Å². The number of anilines is 2. The van der Waals surface area contributed by atoms with Crippen LogP contribution in [0.4, 0.5) is 29.1 Å². The van der Waals surface area contributed by atoms with Crippen molar-refractivity contribution in [2.75, 3.05) is 35.3 Å². The van der Waals surface area contributed by atoms with Gasteiger partial charge >= 0.3 is 6.18 Å². The van der Waals surface area contributed by atoms with E-state index in [4.69, 9.17) is 5.26 Å². The zero-order valence-corrected chi connectivity index (χ0v) is 21.4. The minimum Gasteiger partial charge on any atom is -0.364 e. The van der Waals surface area contributed by atoms with Crippen LogP contribution in [0, 0.1) is 17.1 Å². The number of benzene rings is 1. The van der Waals surface area contributed by atoms with E-state index in [0.717, 1.165) is 23.1 Å². The molecule has 5 rings (SSSR count). The zero-order chi connectivity index (χ0) is 29.0. The molecule has 0 unspecified atom stereocenters. The van der Waals surface area contributed by atoms with Crippen molar-refractivity contribution in [3.63, 3.8) is 0 Å². The normalized spacial score (nSPS) is 16.1. The molecule has 0 radical (unpaired) electrons. The van der Waals surface area contributed by atoms with Crippen molar-refractivity contribution in [3.05, 3.63) is 64.7 Å². The number of hydrogen-bond acceptors (Lipinski definition) is 8. The lowest BCUT2D eigenvalue weighted by Crippen LogP contribution is -2.73. The monoisotopic (exact) mass is 577 g/mol. The highest BCUT2D eigenvalue weighted by Gasteiger charge is 2.50. The Labute approximate surface area is 224 Å². The molecule has 2 aromatic heterocycles. The standard InChI is InChI=1S/C24H19F4N7O4S/c1-40(38,39)10-19(36)31-21-20-16(33-35(21)18-5-2-13(8-29)9-30-18)7-23(32-22(20)37)11-34(12-23)17-4-3-14(6-15(17)25)24(26,27)28/h2-6,9H,7,10-12H2,1H3,(H,31,36)(H,32,37). The molecule has 1 aromatic carbocycles. The van der Waals surface area contributed by atoms with Crippen molar-refractivity contribution in [2.24, 2.45) is 0 Å². The lowest BCUT2D eigenvalue weighted by atomic mass is 9.80. The van der Waals surface area contributed by atoms with Gasteiger partial charge in [-0.05, 0) is 30.3 Å². The first-order valence-electron chi connectivity index (χ1n) is 11.6. The van der Waals surface area contributed by atoms with Crippen LogP contribution in [0.2, 0.25) is 0 Å². The third kappa shape index (κ3) is 5.07. The summed E-state index contributed by atoms with van der Waals surface area (Å²) in [4.78, 5) is 31.4. The second kappa shape index (κ2) is 9.30. The topological polar surface area (TPSA) is 150 Å². The van der Waals surface area contributed by atoms with Gasteiger partial charge in [-0.15, -0.1) is 0 Å². The van der Waals surface area contributed by atoms with Crippen molar-refractivity contribution in [1.29, 1.82) is 5.26 Å². The zero-order valence-electron chi connectivity index (χ0n) is 20.6. The maximum absolute atomic E-state index is 14.5. The molecular weight excluding hydrogens is 558 g/mol. The van der Waals surface area contributed by atoms with E-state index in [1.54, 1.807) is 0 Å². The van der Waals surface area contributed by atoms with Gasteiger partial charge in [-0.2, -0.15) is 28.2 Å². The van der Waals surface area contributed by atoms with E-state index in [9.17, 15) is 35.6 Å². The number of halogens is 4. The number of nitriles is 1. The van der Waals surface area contributed by atoms with Gasteiger partial charge in [0, 0.05) is 32.0 Å². The fourth-order valence-corrected chi connectivity index (χ4v) is 5.29. The van der Waals surface area contributed by atoms with Crippen molar-refractivity contribution in [1.82, 2.24) is 20.1 Å². The van der Waals surface area contributed by atoms with E-state index in [1.165, 1.54) is 23.2 Å². The molecule has 1 fully saturated rings. The number of aromatic nitrogens is 3. The largest absolute Gasteiger partial charge is 0.416 e. The number of carbonyl (C=O) groups is 2. The number of sulfone groups is 1. The van der Waals surface area contributed by atoms with Crippen LogP contribution in [0.25, 0.3) is 5.82 Å². The highest BCUT2D eigenvalue weighted by molar-refractivity contribution is 7.91. The van der Waals surface area contributed by atoms with E-state index in [1.807, 2.05) is 6.07 Å². The summed E-state index contributed by atoms with van der Waals surface area (Å²) in [5.41, 5.74) is -1.66. The summed E-state index contributed by atoms with van der Waals surface area (Å²) in [7, 11) is -3.70. The van der Waals surface area contributed by atoms with Gasteiger partial charge in [0.1, 0.15) is 23.2 Å². The van der Waals surface area contributed by atoms with Crippen LogP contribution in [-0.2, 0) is 27.2 Å². The van der Waals surface area contributed by atoms with Crippen LogP contribution in [-0.4, -0.2) is 65.6 Å². The molecule has 0 bridgehead atoms. The van der Waals surface area contributed by atoms with Gasteiger partial charge in [-0.1, -0.05) is 0 Å². The van der Waals surface area contributed by atoms with Gasteiger partial charge < -0.3 is 15.5 Å². The van der Waals surface area contributed by atoms with Gasteiger partial charge in [0.15, 0.2) is 21.5 Å². The van der Waals surface area contributed by atoms with Gasteiger partial charge in [-0.3, -0.25) is 9.59 Å². The molecule has 2 aliphatic heterocycles. The van der Waals surface area contributed by atoms with E-state index in [2.05, 4.69) is 20.7 Å². The van der Waals surface area contributed by atoms with Crippen molar-refractivity contribution >= 4 is 33.2 Å². The average molecular weight is 578 g/mol. The van der Waals surface area contributed by atoms with Gasteiger partial charge in [0.05, 0.1) is 28.0 Å². The maximum Gasteiger partial charge on any atom is 0.416 e. The molecule has 208 valence electrons. The van der Waals surface area contributed by atoms with Crippen molar-refractivity contribution in [2.45, 2.75) is 18.1 Å². The molecule has 3 aromatic rings. The second-order valence-corrected chi connectivity index (χ2v) is 11.8. The van der Waals surface area contributed by atoms with Crippen molar-refractivity contribution in [3.8, 4) is 11.9 Å². The Morgan fingerprint density at radius 1 is 1.25 bits per heavy atom. The van der Waals surface area contributed by atoms with Crippen LogP contribution in [0.15, 0.2) is 36.5 Å². The Kier molecular flexibility index (Phi) is 6.29. The van der Waals surface area contributed by atoms with Gasteiger partial charge in [0.25, 0.3) is 5.91 Å². The maximum atomic E-state index is 14.5. The Morgan fingerprint density at radius 2 is 1.98 bits per heavy atom. The first kappa shape index (κ1) is 27.1. The summed E-state index contributed by atoms with van der Waals surface area (Å²) < 4.78 is 77.6. The number of carbonyl (C=O) groups excluding carboxylic acids is 2. The molecule has 2 N–H and O–H groups in total. The first-order chi connectivity index (χ1) is 18.7. The van der Waals surface area contributed by atoms with E-state index < -0.39 is 50.5 Å². The van der Waals surface area contributed by atoms with Gasteiger partial charge in [-0.25, -0.2) is 17.8 Å². The minimum atomic E-state index is -4.69. The molecule has 2 amide bonds. The number of rotatable bonds is 5. The number of hydrogen-bond donors (Lipinski definition) is 2. The number of alkyl halides is 3. The van der Waals surface area contributed by atoms with Crippen LogP contribution < -0.4 is 15.5 Å². The van der Waals surface area contributed by atoms with Gasteiger partial charge in [0.2, 0.25) is 5.91 Å². The Morgan fingerprint density at radius 3 is 2.55 bits per heavy atom. The van der Waals surface area contributed by atoms with Crippen LogP contribution in [0.1, 0.15) is 27.2 Å². The number of nitrogens with zero attached hydrogens (tertiary/aromatic N) is 5. The second-order valence-electron chi connectivity index (χ2n) is 9.65. The summed E-state index contributed by atoms with van der Waals surface area (Å²) in [6, 6.07) is 7.00. The summed E-state index contributed by atoms with van der Waals surface area (Å²) in [6.45, 7) is 0.135. The molecule has 11 nitrogen and oxygen atoms in total. The molecule has 40 heavy (non-hydrogen) atoms. The molecular formula is C24H19F4N7O4S. The quantitative estimate of drug-likeness (QED) is 0.436. The SMILES string of the molecule is CS(=O)(=O)CC(=O)Nc1c2c(nn1-c1ccc(C#N)cn1)CC1(CN(c3ccc(C(F)(F)F)cc3F)C1)NC2=O. The lowest BCUT2D eigenvalue weighted by molar-refractivity contribution is -0.137. The molecule has 1 saturated heterocycles. The van der Waals surface area contributed by atoms with E-state index in [0.29, 0.717) is 6.07 Å². The Bertz CT molecular complexity index is 1690. The van der Waals surface area contributed by atoms with Crippen LogP contribution >= 0.6 is 0 Å². The third-order valence-electron chi connectivity index (χ3n) is 6.42. The summed E-state index contributed by atoms with van der Waals surface area (Å²) in [5, 5.41) is 18.7. The summed E-state index contributed by atoms with van der Waals surface area (Å²) >= 11 is 0. The molecule has 16 heteroatoms. The number of fused-ring (bicyclic) bond motifs is 1. The summed E-state index contributed by atoms with van der Waals surface area (Å²) in [6.07, 6.45) is -2.45. The smallest absolute Gasteiger partial charge is 0.364 e. The minimum absolute atomic E-state index is 0.0298. The summed E-state index contributed by atoms with van der Waals surface area (Å²) in [5.74, 6) is -3.47. The molecule has 0 atom stereocenters. The number of pyridine rings is 1. The van der Waals surface area contributed by atoms with Crippen LogP contribution in [0.5, 0.6) is 0 Å². The van der Waals surface area contributed by atoms with E-state index >= 15 is 0 Å². The molecule has 0 aliphatic carbocycles. The Hall–Kier alpha value is -4.52. The molecule has 4 heterocycles. The fraction of sp³-hybridized carbons (Fsp3) is 0.292. The number of nitrogens with one attached hydrogen (secondary N) is 2. The predicted octanol–water partition coefficient (Wildman–Crippen LogP) is 1.82. The molecule has 2 aliphatic rings. The van der Waals surface area contributed by atoms with Crippen LogP contribution in [0.3, 0.4) is 0 Å². The fourth-order valence-electron chi connectivity index (χ4n) is 4.74. The average Bonchev–Trinajstić information content (AvgIpc) is 3.19. The highest BCUT2D eigenvalue weighted by Crippen LogP contribution is 2.39. The third-order valence-corrected chi connectivity index (χ3v) is 7.20. The Balaban J connectivity index is 1.45. The lowest BCUT2D eigenvalue weighted by Gasteiger charge is -2.52.